The third kappa shape index (κ3) is 5.18. The Balaban J connectivity index is 2.32. The third-order valence-corrected chi connectivity index (χ3v) is 3.70. The Hall–Kier alpha value is -0.260. The molecule has 0 saturated carbocycles. The predicted molar refractivity (Wildman–Crippen MR) is 68.9 cm³/mol. The van der Waals surface area contributed by atoms with Crippen LogP contribution >= 0.6 is 15.9 Å². The predicted octanol–water partition coefficient (Wildman–Crippen LogP) is 2.77. The minimum absolute atomic E-state index is 0.235. The van der Waals surface area contributed by atoms with Gasteiger partial charge in [-0.1, -0.05) is 0 Å². The van der Waals surface area contributed by atoms with Crippen LogP contribution < -0.4 is 0 Å². The number of hydrogen-bond donors (Lipinski definition) is 0. The molecular weight excluding hydrogens is 290 g/mol. The van der Waals surface area contributed by atoms with Gasteiger partial charge in [0, 0.05) is 23.0 Å². The van der Waals surface area contributed by atoms with Gasteiger partial charge in [0.2, 0.25) is 0 Å². The van der Waals surface area contributed by atoms with E-state index >= 15 is 0 Å². The molecule has 0 aliphatic rings. The molecule has 0 aliphatic carbocycles. The monoisotopic (exact) mass is 305 g/mol. The topological polar surface area (TPSA) is 39.2 Å². The summed E-state index contributed by atoms with van der Waals surface area (Å²) >= 11 is 3.29. The molecule has 0 unspecified atom stereocenters. The Labute approximate surface area is 107 Å². The Kier molecular flexibility index (Phi) is 6.16. The van der Waals surface area contributed by atoms with Gasteiger partial charge in [-0.2, -0.15) is 0 Å². The van der Waals surface area contributed by atoms with E-state index in [4.69, 9.17) is 4.74 Å². The summed E-state index contributed by atoms with van der Waals surface area (Å²) in [5.74, 6) is 0.599. The lowest BCUT2D eigenvalue weighted by atomic mass is 10.4. The molecule has 1 heterocycles. The van der Waals surface area contributed by atoms with Crippen LogP contribution in [0, 0.1) is 0 Å². The number of aromatic nitrogens is 1. The summed E-state index contributed by atoms with van der Waals surface area (Å²) in [6, 6.07) is 3.63. The van der Waals surface area contributed by atoms with E-state index in [9.17, 15) is 4.21 Å². The van der Waals surface area contributed by atoms with E-state index in [0.717, 1.165) is 10.9 Å². The second kappa shape index (κ2) is 7.14. The number of pyridine rings is 1. The molecular formula is C11H16BrNO2S. The van der Waals surface area contributed by atoms with Gasteiger partial charge in [0.15, 0.2) is 0 Å². The second-order valence-corrected chi connectivity index (χ2v) is 6.07. The summed E-state index contributed by atoms with van der Waals surface area (Å²) in [6.45, 7) is 4.64. The van der Waals surface area contributed by atoms with Crippen LogP contribution in [0.15, 0.2) is 27.8 Å². The molecule has 0 N–H and O–H groups in total. The summed E-state index contributed by atoms with van der Waals surface area (Å²) in [4.78, 5) is 4.10. The fourth-order valence-electron chi connectivity index (χ4n) is 1.11. The van der Waals surface area contributed by atoms with Crippen molar-refractivity contribution in [3.8, 4) is 0 Å². The zero-order valence-electron chi connectivity index (χ0n) is 9.48. The van der Waals surface area contributed by atoms with Crippen molar-refractivity contribution < 1.29 is 8.95 Å². The Morgan fingerprint density at radius 3 is 2.81 bits per heavy atom. The lowest BCUT2D eigenvalue weighted by molar-refractivity contribution is 0.0798. The SMILES string of the molecule is CC(C)OCCC[S@](=O)c1ccc(Br)cn1. The fraction of sp³-hybridized carbons (Fsp3) is 0.545. The molecule has 0 bridgehead atoms. The first-order valence-corrected chi connectivity index (χ1v) is 7.32. The van der Waals surface area contributed by atoms with E-state index in [1.165, 1.54) is 0 Å². The molecule has 0 fully saturated rings. The molecule has 1 atom stereocenters. The van der Waals surface area contributed by atoms with Crippen LogP contribution in [0.3, 0.4) is 0 Å². The van der Waals surface area contributed by atoms with Gasteiger partial charge in [0.1, 0.15) is 5.03 Å². The highest BCUT2D eigenvalue weighted by atomic mass is 79.9. The van der Waals surface area contributed by atoms with E-state index in [1.54, 1.807) is 12.3 Å². The van der Waals surface area contributed by atoms with Crippen LogP contribution in [0.25, 0.3) is 0 Å². The molecule has 16 heavy (non-hydrogen) atoms. The fourth-order valence-corrected chi connectivity index (χ4v) is 2.32. The highest BCUT2D eigenvalue weighted by molar-refractivity contribution is 9.10. The number of halogens is 1. The zero-order valence-corrected chi connectivity index (χ0v) is 11.9. The summed E-state index contributed by atoms with van der Waals surface area (Å²) in [5.41, 5.74) is 0. The molecule has 1 aromatic rings. The standard InChI is InChI=1S/C11H16BrNO2S/c1-9(2)15-6-3-7-16(14)11-5-4-10(12)8-13-11/h4-5,8-9H,3,6-7H2,1-2H3/t16-/m0/s1. The molecule has 1 rings (SSSR count). The van der Waals surface area contributed by atoms with Crippen molar-refractivity contribution in [1.29, 1.82) is 0 Å². The minimum Gasteiger partial charge on any atom is -0.379 e. The zero-order chi connectivity index (χ0) is 12.0. The first-order chi connectivity index (χ1) is 7.59. The van der Waals surface area contributed by atoms with Crippen molar-refractivity contribution in [3.63, 3.8) is 0 Å². The first-order valence-electron chi connectivity index (χ1n) is 5.21. The van der Waals surface area contributed by atoms with Gasteiger partial charge >= 0.3 is 0 Å². The molecule has 1 aromatic heterocycles. The third-order valence-electron chi connectivity index (χ3n) is 1.86. The molecule has 0 radical (unpaired) electrons. The maximum atomic E-state index is 11.8. The van der Waals surface area contributed by atoms with Gasteiger partial charge in [-0.15, -0.1) is 0 Å². The quantitative estimate of drug-likeness (QED) is 0.759. The minimum atomic E-state index is -1.02. The van der Waals surface area contributed by atoms with Crippen molar-refractivity contribution in [2.45, 2.75) is 31.4 Å². The molecule has 90 valence electrons. The highest BCUT2D eigenvalue weighted by Gasteiger charge is 2.05. The van der Waals surface area contributed by atoms with Crippen LogP contribution in [0.1, 0.15) is 20.3 Å². The number of ether oxygens (including phenoxy) is 1. The largest absolute Gasteiger partial charge is 0.379 e. The molecule has 3 nitrogen and oxygen atoms in total. The Morgan fingerprint density at radius 1 is 1.50 bits per heavy atom. The van der Waals surface area contributed by atoms with Gasteiger partial charge in [-0.3, -0.25) is 4.21 Å². The number of rotatable bonds is 6. The molecule has 0 aromatic carbocycles. The maximum Gasteiger partial charge on any atom is 0.127 e. The summed E-state index contributed by atoms with van der Waals surface area (Å²) in [6.07, 6.45) is 2.69. The van der Waals surface area contributed by atoms with E-state index in [-0.39, 0.29) is 6.10 Å². The van der Waals surface area contributed by atoms with E-state index < -0.39 is 10.8 Å². The molecule has 0 spiro atoms. The Bertz CT molecular complexity index is 340. The molecule has 0 saturated heterocycles. The lowest BCUT2D eigenvalue weighted by Gasteiger charge is -2.06. The average Bonchev–Trinajstić information content (AvgIpc) is 2.25. The van der Waals surface area contributed by atoms with Crippen molar-refractivity contribution in [3.05, 3.63) is 22.8 Å². The van der Waals surface area contributed by atoms with Crippen LogP contribution in [0.5, 0.6) is 0 Å². The van der Waals surface area contributed by atoms with Crippen LogP contribution in [0.4, 0.5) is 0 Å². The van der Waals surface area contributed by atoms with Crippen molar-refractivity contribution in [1.82, 2.24) is 4.98 Å². The van der Waals surface area contributed by atoms with Crippen LogP contribution in [-0.4, -0.2) is 27.7 Å². The van der Waals surface area contributed by atoms with Gasteiger partial charge < -0.3 is 4.74 Å². The molecule has 0 amide bonds. The summed E-state index contributed by atoms with van der Waals surface area (Å²) < 4.78 is 18.1. The Morgan fingerprint density at radius 2 is 2.25 bits per heavy atom. The van der Waals surface area contributed by atoms with Crippen LogP contribution in [-0.2, 0) is 15.5 Å². The van der Waals surface area contributed by atoms with Crippen molar-refractivity contribution in [2.24, 2.45) is 0 Å². The van der Waals surface area contributed by atoms with Crippen molar-refractivity contribution >= 4 is 26.7 Å². The lowest BCUT2D eigenvalue weighted by Crippen LogP contribution is -2.08. The van der Waals surface area contributed by atoms with E-state index in [0.29, 0.717) is 17.4 Å². The van der Waals surface area contributed by atoms with E-state index in [1.807, 2.05) is 19.9 Å². The van der Waals surface area contributed by atoms with Gasteiger partial charge in [-0.05, 0) is 48.3 Å². The summed E-state index contributed by atoms with van der Waals surface area (Å²) in [5, 5.41) is 0.632. The van der Waals surface area contributed by atoms with Gasteiger partial charge in [0.25, 0.3) is 0 Å². The van der Waals surface area contributed by atoms with Crippen molar-refractivity contribution in [2.75, 3.05) is 12.4 Å². The summed E-state index contributed by atoms with van der Waals surface area (Å²) in [7, 11) is -1.02. The normalized spacial score (nSPS) is 13.0. The van der Waals surface area contributed by atoms with Crippen LogP contribution in [0.2, 0.25) is 0 Å². The second-order valence-electron chi connectivity index (χ2n) is 3.64. The maximum absolute atomic E-state index is 11.8. The number of hydrogen-bond acceptors (Lipinski definition) is 3. The van der Waals surface area contributed by atoms with E-state index in [2.05, 4.69) is 20.9 Å². The van der Waals surface area contributed by atoms with Gasteiger partial charge in [-0.25, -0.2) is 4.98 Å². The number of nitrogens with zero attached hydrogens (tertiary/aromatic N) is 1. The van der Waals surface area contributed by atoms with Gasteiger partial charge in [0.05, 0.1) is 16.9 Å². The molecule has 0 aliphatic heterocycles. The smallest absolute Gasteiger partial charge is 0.127 e. The average molecular weight is 306 g/mol. The first kappa shape index (κ1) is 13.8. The molecule has 5 heteroatoms. The highest BCUT2D eigenvalue weighted by Crippen LogP contribution is 2.10.